The average Bonchev–Trinajstić information content (AvgIpc) is 3.03. The molecule has 6 nitrogen and oxygen atoms in total. The van der Waals surface area contributed by atoms with Crippen LogP contribution in [-0.2, 0) is 11.8 Å². The zero-order chi connectivity index (χ0) is 20.1. The van der Waals surface area contributed by atoms with E-state index in [1.807, 2.05) is 0 Å². The van der Waals surface area contributed by atoms with E-state index in [9.17, 15) is 18.0 Å². The van der Waals surface area contributed by atoms with Crippen molar-refractivity contribution >= 4 is 23.4 Å². The number of alkyl halides is 2. The number of rotatable bonds is 7. The lowest BCUT2D eigenvalue weighted by atomic mass is 10.2. The minimum Gasteiger partial charge on any atom is -0.435 e. The quantitative estimate of drug-likeness (QED) is 0.600. The van der Waals surface area contributed by atoms with E-state index in [-0.39, 0.29) is 23.1 Å². The number of benzene rings is 2. The molecule has 3 aromatic rings. The summed E-state index contributed by atoms with van der Waals surface area (Å²) in [6.45, 7) is -2.89. The van der Waals surface area contributed by atoms with Crippen LogP contribution < -0.4 is 10.1 Å². The predicted molar refractivity (Wildman–Crippen MR) is 98.8 cm³/mol. The maximum absolute atomic E-state index is 13.6. The average molecular weight is 408 g/mol. The Bertz CT molecular complexity index is 964. The molecule has 0 aliphatic heterocycles. The highest BCUT2D eigenvalue weighted by atomic mass is 32.2. The first-order valence-electron chi connectivity index (χ1n) is 8.06. The molecule has 2 aromatic carbocycles. The molecule has 1 N–H and O–H groups in total. The number of thioether (sulfide) groups is 1. The molecule has 28 heavy (non-hydrogen) atoms. The van der Waals surface area contributed by atoms with Crippen LogP contribution in [0.4, 0.5) is 18.9 Å². The van der Waals surface area contributed by atoms with Gasteiger partial charge in [0.15, 0.2) is 11.0 Å². The molecule has 0 bridgehead atoms. The fourth-order valence-electron chi connectivity index (χ4n) is 2.36. The third-order valence-corrected chi connectivity index (χ3v) is 4.67. The number of nitrogens with one attached hydrogen (secondary N) is 1. The van der Waals surface area contributed by atoms with Gasteiger partial charge in [-0.25, -0.2) is 4.39 Å². The Labute approximate surface area is 162 Å². The highest BCUT2D eigenvalue weighted by Gasteiger charge is 2.14. The van der Waals surface area contributed by atoms with Crippen LogP contribution in [0.15, 0.2) is 53.7 Å². The molecule has 0 radical (unpaired) electrons. The second-order valence-electron chi connectivity index (χ2n) is 5.58. The van der Waals surface area contributed by atoms with Crippen LogP contribution in [0.5, 0.6) is 5.75 Å². The summed E-state index contributed by atoms with van der Waals surface area (Å²) in [4.78, 5) is 12.0. The zero-order valence-corrected chi connectivity index (χ0v) is 15.4. The van der Waals surface area contributed by atoms with Crippen LogP contribution >= 0.6 is 11.8 Å². The summed E-state index contributed by atoms with van der Waals surface area (Å²) in [5, 5.41) is 11.1. The van der Waals surface area contributed by atoms with Gasteiger partial charge >= 0.3 is 6.61 Å². The molecule has 3 rings (SSSR count). The third-order valence-electron chi connectivity index (χ3n) is 3.65. The number of nitrogens with zero attached hydrogens (tertiary/aromatic N) is 3. The molecular weight excluding hydrogens is 393 g/mol. The number of amides is 1. The second-order valence-corrected chi connectivity index (χ2v) is 6.53. The molecule has 10 heteroatoms. The molecule has 0 saturated heterocycles. The molecule has 0 aliphatic carbocycles. The normalized spacial score (nSPS) is 10.9. The molecule has 1 heterocycles. The van der Waals surface area contributed by atoms with Crippen molar-refractivity contribution in [2.45, 2.75) is 11.8 Å². The van der Waals surface area contributed by atoms with Crippen LogP contribution in [0, 0.1) is 5.82 Å². The first kappa shape index (κ1) is 19.7. The molecule has 0 fully saturated rings. The lowest BCUT2D eigenvalue weighted by Crippen LogP contribution is -2.15. The Balaban J connectivity index is 1.63. The van der Waals surface area contributed by atoms with Crippen molar-refractivity contribution in [1.29, 1.82) is 0 Å². The Morgan fingerprint density at radius 1 is 1.18 bits per heavy atom. The summed E-state index contributed by atoms with van der Waals surface area (Å²) in [5.41, 5.74) is 0.761. The van der Waals surface area contributed by atoms with Gasteiger partial charge in [-0.2, -0.15) is 8.78 Å². The van der Waals surface area contributed by atoms with Gasteiger partial charge in [-0.15, -0.1) is 10.2 Å². The lowest BCUT2D eigenvalue weighted by molar-refractivity contribution is -0.113. The van der Waals surface area contributed by atoms with Gasteiger partial charge in [0.2, 0.25) is 5.91 Å². The Hall–Kier alpha value is -3.01. The van der Waals surface area contributed by atoms with Crippen molar-refractivity contribution in [3.8, 4) is 17.1 Å². The van der Waals surface area contributed by atoms with Crippen LogP contribution in [0.25, 0.3) is 11.4 Å². The number of para-hydroxylation sites is 1. The lowest BCUT2D eigenvalue weighted by Gasteiger charge is -2.07. The predicted octanol–water partition coefficient (Wildman–Crippen LogP) is 3.95. The van der Waals surface area contributed by atoms with E-state index in [2.05, 4.69) is 20.3 Å². The summed E-state index contributed by atoms with van der Waals surface area (Å²) in [6, 6.07) is 11.9. The van der Waals surface area contributed by atoms with E-state index in [1.54, 1.807) is 29.8 Å². The van der Waals surface area contributed by atoms with Gasteiger partial charge < -0.3 is 14.6 Å². The highest BCUT2D eigenvalue weighted by molar-refractivity contribution is 7.99. The largest absolute Gasteiger partial charge is 0.435 e. The minimum atomic E-state index is -2.89. The molecule has 0 atom stereocenters. The van der Waals surface area contributed by atoms with Gasteiger partial charge in [-0.1, -0.05) is 23.9 Å². The van der Waals surface area contributed by atoms with E-state index in [4.69, 9.17) is 0 Å². The van der Waals surface area contributed by atoms with Gasteiger partial charge in [0.05, 0.1) is 11.4 Å². The van der Waals surface area contributed by atoms with E-state index < -0.39 is 12.4 Å². The van der Waals surface area contributed by atoms with Crippen LogP contribution in [0.2, 0.25) is 0 Å². The molecule has 1 aromatic heterocycles. The Morgan fingerprint density at radius 2 is 1.89 bits per heavy atom. The number of anilines is 1. The number of hydrogen-bond donors (Lipinski definition) is 1. The molecule has 146 valence electrons. The maximum Gasteiger partial charge on any atom is 0.387 e. The first-order chi connectivity index (χ1) is 13.4. The molecule has 0 saturated carbocycles. The molecule has 1 amide bonds. The van der Waals surface area contributed by atoms with E-state index in [0.29, 0.717) is 16.5 Å². The minimum absolute atomic E-state index is 0.0154. The van der Waals surface area contributed by atoms with Gasteiger partial charge in [0.1, 0.15) is 11.6 Å². The number of ether oxygens (including phenoxy) is 1. The van der Waals surface area contributed by atoms with Crippen molar-refractivity contribution in [2.24, 2.45) is 7.05 Å². The topological polar surface area (TPSA) is 69.0 Å². The van der Waals surface area contributed by atoms with Gasteiger partial charge in [0.25, 0.3) is 0 Å². The van der Waals surface area contributed by atoms with Crippen molar-refractivity contribution < 1.29 is 22.7 Å². The van der Waals surface area contributed by atoms with Crippen LogP contribution in [0.1, 0.15) is 0 Å². The second kappa shape index (κ2) is 8.79. The number of carbonyl (C=O) groups excluding carboxylic acids is 1. The number of aromatic nitrogens is 3. The highest BCUT2D eigenvalue weighted by Crippen LogP contribution is 2.25. The molecular formula is C18H15F3N4O2S. The zero-order valence-electron chi connectivity index (χ0n) is 14.6. The summed E-state index contributed by atoms with van der Waals surface area (Å²) in [7, 11) is 1.72. The van der Waals surface area contributed by atoms with Crippen LogP contribution in [-0.4, -0.2) is 33.0 Å². The van der Waals surface area contributed by atoms with Crippen molar-refractivity contribution in [1.82, 2.24) is 14.8 Å². The van der Waals surface area contributed by atoms with Crippen molar-refractivity contribution in [2.75, 3.05) is 11.1 Å². The molecule has 0 unspecified atom stereocenters. The smallest absolute Gasteiger partial charge is 0.387 e. The molecule has 0 aliphatic rings. The fraction of sp³-hybridized carbons (Fsp3) is 0.167. The summed E-state index contributed by atoms with van der Waals surface area (Å²) < 4.78 is 44.0. The van der Waals surface area contributed by atoms with Crippen molar-refractivity contribution in [3.63, 3.8) is 0 Å². The van der Waals surface area contributed by atoms with Gasteiger partial charge in [-0.3, -0.25) is 4.79 Å². The first-order valence-corrected chi connectivity index (χ1v) is 9.04. The van der Waals surface area contributed by atoms with E-state index in [0.717, 1.165) is 11.8 Å². The van der Waals surface area contributed by atoms with E-state index in [1.165, 1.54) is 30.3 Å². The number of carbonyl (C=O) groups is 1. The Kier molecular flexibility index (Phi) is 6.19. The monoisotopic (exact) mass is 408 g/mol. The summed E-state index contributed by atoms with van der Waals surface area (Å²) in [6.07, 6.45) is 0. The number of halogens is 3. The van der Waals surface area contributed by atoms with Crippen LogP contribution in [0.3, 0.4) is 0 Å². The third kappa shape index (κ3) is 4.83. The number of hydrogen-bond acceptors (Lipinski definition) is 5. The van der Waals surface area contributed by atoms with Gasteiger partial charge in [-0.05, 0) is 36.4 Å². The van der Waals surface area contributed by atoms with Crippen molar-refractivity contribution in [3.05, 3.63) is 54.3 Å². The fourth-order valence-corrected chi connectivity index (χ4v) is 3.07. The SMILES string of the molecule is Cn1c(SCC(=O)Nc2ccccc2F)nnc1-c1ccc(OC(F)F)cc1. The van der Waals surface area contributed by atoms with E-state index >= 15 is 0 Å². The van der Waals surface area contributed by atoms with Gasteiger partial charge in [0, 0.05) is 12.6 Å². The standard InChI is InChI=1S/C18H15F3N4O2S/c1-25-16(11-6-8-12(9-7-11)27-17(20)21)23-24-18(25)28-10-15(26)22-14-5-3-2-4-13(14)19/h2-9,17H,10H2,1H3,(H,22,26). The molecule has 0 spiro atoms. The maximum atomic E-state index is 13.6. The summed E-state index contributed by atoms with van der Waals surface area (Å²) >= 11 is 1.14. The Morgan fingerprint density at radius 3 is 2.57 bits per heavy atom. The summed E-state index contributed by atoms with van der Waals surface area (Å²) in [5.74, 6) is -0.336.